The predicted molar refractivity (Wildman–Crippen MR) is 229 cm³/mol. The number of carbonyl (C=O) groups excluding carboxylic acids is 6. The first-order valence-corrected chi connectivity index (χ1v) is 21.8. The zero-order valence-corrected chi connectivity index (χ0v) is 35.7. The van der Waals surface area contributed by atoms with Gasteiger partial charge in [0, 0.05) is 106 Å². The normalized spacial score (nSPS) is 18.7. The quantitative estimate of drug-likeness (QED) is 0.137. The molecule has 0 spiro atoms. The topological polar surface area (TPSA) is 175 Å². The molecule has 0 bridgehead atoms. The van der Waals surface area contributed by atoms with E-state index in [2.05, 4.69) is 32.3 Å². The van der Waals surface area contributed by atoms with Gasteiger partial charge in [0.1, 0.15) is 6.04 Å². The summed E-state index contributed by atoms with van der Waals surface area (Å²) in [4.78, 5) is 83.2. The van der Waals surface area contributed by atoms with E-state index in [0.717, 1.165) is 34.6 Å². The predicted octanol–water partition coefficient (Wildman–Crippen LogP) is 4.67. The average Bonchev–Trinajstić information content (AvgIpc) is 3.97. The second-order valence-corrected chi connectivity index (χ2v) is 16.9. The van der Waals surface area contributed by atoms with E-state index in [1.54, 1.807) is 54.1 Å². The fraction of sp³-hybridized carbons (Fsp3) is 0.435. The van der Waals surface area contributed by atoms with Crippen LogP contribution in [-0.4, -0.2) is 108 Å². The van der Waals surface area contributed by atoms with Crippen molar-refractivity contribution in [1.82, 2.24) is 39.6 Å². The molecule has 1 unspecified atom stereocenters. The zero-order valence-electron chi connectivity index (χ0n) is 35.7. The Labute approximate surface area is 367 Å². The first kappa shape index (κ1) is 42.4. The minimum atomic E-state index is -2.70. The molecule has 5 aliphatic heterocycles. The summed E-state index contributed by atoms with van der Waals surface area (Å²) in [5.74, 6) is 4.28. The van der Waals surface area contributed by atoms with Crippen LogP contribution in [0.3, 0.4) is 0 Å². The number of carbonyl (C=O) groups is 6. The van der Waals surface area contributed by atoms with Gasteiger partial charge in [-0.3, -0.25) is 48.3 Å². The number of alkyl halides is 2. The van der Waals surface area contributed by atoms with Crippen molar-refractivity contribution in [3.8, 4) is 23.0 Å². The molecule has 2 aromatic carbocycles. The molecule has 5 aliphatic rings. The number of hydrogen-bond donors (Lipinski definition) is 2. The van der Waals surface area contributed by atoms with Crippen LogP contribution in [0.4, 0.5) is 26.0 Å². The molecule has 18 heteroatoms. The maximum Gasteiger partial charge on any atom is 0.264 e. The highest BCUT2D eigenvalue weighted by molar-refractivity contribution is 6.25. The Morgan fingerprint density at radius 3 is 2.50 bits per heavy atom. The molecule has 0 aliphatic carbocycles. The van der Waals surface area contributed by atoms with E-state index in [-0.39, 0.29) is 53.8 Å². The van der Waals surface area contributed by atoms with E-state index >= 15 is 0 Å². The molecule has 7 heterocycles. The molecule has 9 rings (SSSR count). The molecular weight excluding hydrogens is 827 g/mol. The second kappa shape index (κ2) is 17.3. The molecule has 2 saturated heterocycles. The van der Waals surface area contributed by atoms with Gasteiger partial charge >= 0.3 is 0 Å². The van der Waals surface area contributed by atoms with Crippen molar-refractivity contribution in [2.75, 3.05) is 42.9 Å². The Bertz CT molecular complexity index is 2650. The van der Waals surface area contributed by atoms with E-state index in [1.807, 2.05) is 15.9 Å². The minimum absolute atomic E-state index is 0.000796. The summed E-state index contributed by atoms with van der Waals surface area (Å²) in [6, 6.07) is 7.27. The number of likely N-dealkylation sites (tertiary alicyclic amines) is 1. The number of piperidine rings is 2. The van der Waals surface area contributed by atoms with Crippen LogP contribution in [0.1, 0.15) is 107 Å². The molecule has 1 atom stereocenters. The van der Waals surface area contributed by atoms with E-state index in [0.29, 0.717) is 93.3 Å². The van der Waals surface area contributed by atoms with Gasteiger partial charge in [0.25, 0.3) is 18.2 Å². The van der Waals surface area contributed by atoms with E-state index in [9.17, 15) is 37.5 Å². The summed E-state index contributed by atoms with van der Waals surface area (Å²) in [5, 5.41) is 14.8. The van der Waals surface area contributed by atoms with Gasteiger partial charge in [0.15, 0.2) is 5.82 Å². The van der Waals surface area contributed by atoms with Crippen LogP contribution in [0, 0.1) is 11.8 Å². The molecule has 332 valence electrons. The van der Waals surface area contributed by atoms with Crippen LogP contribution < -0.4 is 15.5 Å². The fourth-order valence-electron chi connectivity index (χ4n) is 9.70. The lowest BCUT2D eigenvalue weighted by molar-refractivity contribution is -0.136. The Hall–Kier alpha value is -6.90. The Morgan fingerprint density at radius 2 is 1.77 bits per heavy atom. The Kier molecular flexibility index (Phi) is 11.5. The molecule has 6 amide bonds. The highest BCUT2D eigenvalue weighted by Crippen LogP contribution is 2.44. The molecule has 2 aromatic heterocycles. The summed E-state index contributed by atoms with van der Waals surface area (Å²) in [6.07, 6.45) is 4.62. The second-order valence-electron chi connectivity index (χ2n) is 16.9. The third kappa shape index (κ3) is 7.88. The van der Waals surface area contributed by atoms with E-state index in [1.165, 1.54) is 6.07 Å². The van der Waals surface area contributed by atoms with Gasteiger partial charge < -0.3 is 20.0 Å². The lowest BCUT2D eigenvalue weighted by atomic mass is 9.92. The summed E-state index contributed by atoms with van der Waals surface area (Å²) in [5.41, 5.74) is 5.45. The van der Waals surface area contributed by atoms with Crippen LogP contribution in [0.15, 0.2) is 42.7 Å². The SMILES string of the molecule is CC(=O)N1CCc2c(c(N3CCCc4cc(-c5cnn(C)c5)c(C(F)F)cc43)nn2C2CCN(C(=O)CC#CCCNc3cccc4c3C(=O)N(C3CCC(=O)NC3=O)C4=O)CC2)C1. The molecule has 64 heavy (non-hydrogen) atoms. The van der Waals surface area contributed by atoms with Crippen molar-refractivity contribution in [1.29, 1.82) is 0 Å². The third-order valence-corrected chi connectivity index (χ3v) is 12.9. The number of rotatable bonds is 9. The number of aryl methyl sites for hydroxylation is 2. The molecular formula is C46H48F2N10O6. The molecule has 0 radical (unpaired) electrons. The van der Waals surface area contributed by atoms with Crippen LogP contribution in [0.2, 0.25) is 0 Å². The van der Waals surface area contributed by atoms with Crippen molar-refractivity contribution >= 4 is 52.6 Å². The standard InChI is InChI=1S/C46H48F2N10O6/c1-27(59)55-21-16-36-34(26-55)43(56-18-7-8-28-22-32(29-24-50-53(2)25-29)33(42(47)48)23-38(28)56)52-58(36)30-14-19-54(20-15-30)40(61)11-4-3-5-17-49-35-10-6-9-31-41(35)46(64)57(45(31)63)37-12-13-39(60)51-44(37)62/h6,9-10,22-25,30,37,42,49H,5,7-8,11-21,26H2,1-2H3,(H,51,60,62). The third-order valence-electron chi connectivity index (χ3n) is 12.9. The van der Waals surface area contributed by atoms with Crippen molar-refractivity contribution in [3.63, 3.8) is 0 Å². The maximum absolute atomic E-state index is 14.7. The molecule has 4 aromatic rings. The first-order chi connectivity index (χ1) is 30.9. The average molecular weight is 875 g/mol. The number of aromatic nitrogens is 4. The zero-order chi connectivity index (χ0) is 44.8. The number of halogens is 2. The highest BCUT2D eigenvalue weighted by atomic mass is 19.3. The summed E-state index contributed by atoms with van der Waals surface area (Å²) >= 11 is 0. The lowest BCUT2D eigenvalue weighted by Crippen LogP contribution is -2.54. The van der Waals surface area contributed by atoms with E-state index < -0.39 is 36.1 Å². The van der Waals surface area contributed by atoms with E-state index in [4.69, 9.17) is 5.10 Å². The summed E-state index contributed by atoms with van der Waals surface area (Å²) in [7, 11) is 1.76. The number of imide groups is 2. The smallest absolute Gasteiger partial charge is 0.264 e. The monoisotopic (exact) mass is 874 g/mol. The van der Waals surface area contributed by atoms with Crippen molar-refractivity contribution < 1.29 is 37.5 Å². The van der Waals surface area contributed by atoms with Crippen molar-refractivity contribution in [3.05, 3.63) is 76.2 Å². The number of amides is 6. The van der Waals surface area contributed by atoms with Gasteiger partial charge in [0.05, 0.1) is 36.3 Å². The lowest BCUT2D eigenvalue weighted by Gasteiger charge is -2.34. The molecule has 2 N–H and O–H groups in total. The minimum Gasteiger partial charge on any atom is -0.383 e. The Morgan fingerprint density at radius 1 is 0.953 bits per heavy atom. The van der Waals surface area contributed by atoms with Crippen LogP contribution in [-0.2, 0) is 45.6 Å². The Balaban J connectivity index is 0.840. The van der Waals surface area contributed by atoms with Crippen molar-refractivity contribution in [2.45, 2.75) is 89.8 Å². The molecule has 2 fully saturated rings. The van der Waals surface area contributed by atoms with Gasteiger partial charge in [-0.05, 0) is 67.5 Å². The first-order valence-electron chi connectivity index (χ1n) is 21.8. The summed E-state index contributed by atoms with van der Waals surface area (Å²) in [6.45, 7) is 4.44. The number of hydrogen-bond acceptors (Lipinski definition) is 10. The van der Waals surface area contributed by atoms with Crippen LogP contribution in [0.5, 0.6) is 0 Å². The molecule has 16 nitrogen and oxygen atoms in total. The number of anilines is 3. The number of nitrogens with zero attached hydrogens (tertiary/aromatic N) is 8. The summed E-state index contributed by atoms with van der Waals surface area (Å²) < 4.78 is 33.1. The van der Waals surface area contributed by atoms with Crippen molar-refractivity contribution in [2.24, 2.45) is 7.05 Å². The van der Waals surface area contributed by atoms with Gasteiger partial charge in [-0.15, -0.1) is 5.92 Å². The van der Waals surface area contributed by atoms with Crippen LogP contribution >= 0.6 is 0 Å². The largest absolute Gasteiger partial charge is 0.383 e. The van der Waals surface area contributed by atoms with Gasteiger partial charge in [-0.2, -0.15) is 10.2 Å². The van der Waals surface area contributed by atoms with Gasteiger partial charge in [0.2, 0.25) is 23.6 Å². The number of benzene rings is 2. The highest BCUT2D eigenvalue weighted by Gasteiger charge is 2.45. The van der Waals surface area contributed by atoms with Gasteiger partial charge in [-0.1, -0.05) is 12.0 Å². The van der Waals surface area contributed by atoms with Gasteiger partial charge in [-0.25, -0.2) is 8.78 Å². The molecule has 0 saturated carbocycles. The number of nitrogens with one attached hydrogen (secondary N) is 2. The maximum atomic E-state index is 14.7. The van der Waals surface area contributed by atoms with Crippen LogP contribution in [0.25, 0.3) is 11.1 Å². The fourth-order valence-corrected chi connectivity index (χ4v) is 9.70. The number of fused-ring (bicyclic) bond motifs is 3.